The van der Waals surface area contributed by atoms with E-state index in [0.717, 1.165) is 0 Å². The van der Waals surface area contributed by atoms with Crippen molar-refractivity contribution in [2.75, 3.05) is 25.6 Å². The fourth-order valence-corrected chi connectivity index (χ4v) is 4.64. The van der Waals surface area contributed by atoms with Crippen LogP contribution in [0.1, 0.15) is 12.5 Å². The molecule has 1 spiro atoms. The quantitative estimate of drug-likeness (QED) is 0.773. The SMILES string of the molecule is COCCN1C(=O)[C@@H]2[C@H](C)N[C@@]3(C(=O)Nc4c(Cl)cccc43)[C@@H]2C1=O. The molecular formula is C17H18ClN3O4. The third-order valence-corrected chi connectivity index (χ3v) is 5.77. The average Bonchev–Trinajstić information content (AvgIpc) is 3.13. The highest BCUT2D eigenvalue weighted by Crippen LogP contribution is 2.53. The summed E-state index contributed by atoms with van der Waals surface area (Å²) in [4.78, 5) is 40.0. The van der Waals surface area contributed by atoms with Crippen LogP contribution in [-0.2, 0) is 24.7 Å². The molecule has 3 aliphatic heterocycles. The Morgan fingerprint density at radius 1 is 1.28 bits per heavy atom. The number of hydrogen-bond donors (Lipinski definition) is 2. The number of benzene rings is 1. The predicted octanol–water partition coefficient (Wildman–Crippen LogP) is 0.727. The zero-order chi connectivity index (χ0) is 17.9. The molecule has 0 aromatic heterocycles. The molecule has 3 aliphatic rings. The van der Waals surface area contributed by atoms with Gasteiger partial charge in [-0.25, -0.2) is 0 Å². The van der Waals surface area contributed by atoms with E-state index in [4.69, 9.17) is 16.3 Å². The molecule has 4 rings (SSSR count). The highest BCUT2D eigenvalue weighted by molar-refractivity contribution is 6.35. The number of carbonyl (C=O) groups excluding carboxylic acids is 3. The summed E-state index contributed by atoms with van der Waals surface area (Å²) >= 11 is 6.22. The molecule has 3 amide bonds. The molecule has 1 aromatic carbocycles. The second-order valence-corrected chi connectivity index (χ2v) is 7.09. The Bertz CT molecular complexity index is 798. The number of imide groups is 1. The van der Waals surface area contributed by atoms with Gasteiger partial charge in [-0.15, -0.1) is 0 Å². The summed E-state index contributed by atoms with van der Waals surface area (Å²) in [5.74, 6) is -2.31. The maximum atomic E-state index is 13.0. The highest BCUT2D eigenvalue weighted by atomic mass is 35.5. The van der Waals surface area contributed by atoms with E-state index in [1.165, 1.54) is 12.0 Å². The van der Waals surface area contributed by atoms with E-state index in [1.807, 2.05) is 6.92 Å². The Morgan fingerprint density at radius 2 is 2.04 bits per heavy atom. The lowest BCUT2D eigenvalue weighted by atomic mass is 9.76. The van der Waals surface area contributed by atoms with Gasteiger partial charge in [0.25, 0.3) is 0 Å². The number of halogens is 1. The van der Waals surface area contributed by atoms with Crippen molar-refractivity contribution in [3.8, 4) is 0 Å². The van der Waals surface area contributed by atoms with Crippen LogP contribution in [0.4, 0.5) is 5.69 Å². The molecule has 2 N–H and O–H groups in total. The molecule has 25 heavy (non-hydrogen) atoms. The van der Waals surface area contributed by atoms with Gasteiger partial charge in [-0.1, -0.05) is 23.7 Å². The first-order valence-electron chi connectivity index (χ1n) is 8.15. The zero-order valence-corrected chi connectivity index (χ0v) is 14.6. The molecule has 2 fully saturated rings. The Balaban J connectivity index is 1.84. The molecule has 132 valence electrons. The zero-order valence-electron chi connectivity index (χ0n) is 13.8. The lowest BCUT2D eigenvalue weighted by Gasteiger charge is -2.29. The summed E-state index contributed by atoms with van der Waals surface area (Å²) < 4.78 is 5.00. The van der Waals surface area contributed by atoms with Crippen LogP contribution in [0, 0.1) is 11.8 Å². The van der Waals surface area contributed by atoms with Crippen LogP contribution in [-0.4, -0.2) is 48.9 Å². The molecule has 8 heteroatoms. The monoisotopic (exact) mass is 363 g/mol. The lowest BCUT2D eigenvalue weighted by molar-refractivity contribution is -0.143. The third-order valence-electron chi connectivity index (χ3n) is 5.46. The van der Waals surface area contributed by atoms with Crippen molar-refractivity contribution in [3.63, 3.8) is 0 Å². The van der Waals surface area contributed by atoms with E-state index in [1.54, 1.807) is 18.2 Å². The van der Waals surface area contributed by atoms with Crippen LogP contribution in [0.25, 0.3) is 0 Å². The maximum absolute atomic E-state index is 13.0. The first-order chi connectivity index (χ1) is 11.9. The van der Waals surface area contributed by atoms with Crippen molar-refractivity contribution in [1.82, 2.24) is 10.2 Å². The van der Waals surface area contributed by atoms with Crippen LogP contribution >= 0.6 is 11.6 Å². The molecule has 0 radical (unpaired) electrons. The molecule has 0 saturated carbocycles. The molecule has 3 heterocycles. The first kappa shape index (κ1) is 16.5. The molecule has 0 bridgehead atoms. The normalized spacial score (nSPS) is 33.2. The third kappa shape index (κ3) is 1.97. The number of methoxy groups -OCH3 is 1. The average molecular weight is 364 g/mol. The standard InChI is InChI=1S/C17H18ClN3O4/c1-8-11-12(15(23)21(14(11)22)6-7-25-2)17(20-8)9-4-3-5-10(18)13(9)19-16(17)24/h3-5,8,11-12,20H,6-7H2,1-2H3,(H,19,24)/t8-,11+,12-,17+/m0/s1. The van der Waals surface area contributed by atoms with Gasteiger partial charge in [-0.05, 0) is 13.0 Å². The molecule has 7 nitrogen and oxygen atoms in total. The van der Waals surface area contributed by atoms with Crippen LogP contribution in [0.2, 0.25) is 5.02 Å². The smallest absolute Gasteiger partial charge is 0.250 e. The van der Waals surface area contributed by atoms with Crippen LogP contribution < -0.4 is 10.6 Å². The Kier molecular flexibility index (Phi) is 3.64. The molecule has 0 aliphatic carbocycles. The molecule has 1 aromatic rings. The number of nitrogens with one attached hydrogen (secondary N) is 2. The minimum Gasteiger partial charge on any atom is -0.383 e. The maximum Gasteiger partial charge on any atom is 0.250 e. The summed E-state index contributed by atoms with van der Waals surface area (Å²) in [6, 6.07) is 4.88. The van der Waals surface area contributed by atoms with Crippen molar-refractivity contribution in [1.29, 1.82) is 0 Å². The summed E-state index contributed by atoms with van der Waals surface area (Å²) in [5.41, 5.74) is -0.136. The van der Waals surface area contributed by atoms with Gasteiger partial charge in [0.2, 0.25) is 17.7 Å². The fraction of sp³-hybridized carbons (Fsp3) is 0.471. The predicted molar refractivity (Wildman–Crippen MR) is 89.9 cm³/mol. The molecule has 2 saturated heterocycles. The number of amides is 3. The van der Waals surface area contributed by atoms with Gasteiger partial charge < -0.3 is 10.1 Å². The van der Waals surface area contributed by atoms with E-state index in [-0.39, 0.29) is 36.9 Å². The van der Waals surface area contributed by atoms with Gasteiger partial charge in [-0.2, -0.15) is 0 Å². The van der Waals surface area contributed by atoms with Gasteiger partial charge >= 0.3 is 0 Å². The van der Waals surface area contributed by atoms with Crippen LogP contribution in [0.15, 0.2) is 18.2 Å². The van der Waals surface area contributed by atoms with Crippen molar-refractivity contribution in [3.05, 3.63) is 28.8 Å². The van der Waals surface area contributed by atoms with Crippen molar-refractivity contribution >= 4 is 35.0 Å². The minimum atomic E-state index is -1.26. The van der Waals surface area contributed by atoms with E-state index >= 15 is 0 Å². The van der Waals surface area contributed by atoms with Crippen LogP contribution in [0.3, 0.4) is 0 Å². The van der Waals surface area contributed by atoms with E-state index in [2.05, 4.69) is 10.6 Å². The van der Waals surface area contributed by atoms with E-state index < -0.39 is 17.4 Å². The molecule has 0 unspecified atom stereocenters. The summed E-state index contributed by atoms with van der Waals surface area (Å²) in [6.45, 7) is 2.28. The van der Waals surface area contributed by atoms with E-state index in [0.29, 0.717) is 16.3 Å². The Hall–Kier alpha value is -1.96. The summed E-state index contributed by atoms with van der Waals surface area (Å²) in [6.07, 6.45) is 0. The summed E-state index contributed by atoms with van der Waals surface area (Å²) in [5, 5.41) is 6.43. The first-order valence-corrected chi connectivity index (χ1v) is 8.53. The number of ether oxygens (including phenoxy) is 1. The van der Waals surface area contributed by atoms with Gasteiger partial charge in [0.1, 0.15) is 5.54 Å². The number of hydrogen-bond acceptors (Lipinski definition) is 5. The largest absolute Gasteiger partial charge is 0.383 e. The number of likely N-dealkylation sites (tertiary alicyclic amines) is 1. The number of fused-ring (bicyclic) bond motifs is 4. The number of carbonyl (C=O) groups is 3. The number of anilines is 1. The van der Waals surface area contributed by atoms with Crippen molar-refractivity contribution < 1.29 is 19.1 Å². The number of rotatable bonds is 3. The Morgan fingerprint density at radius 3 is 2.76 bits per heavy atom. The summed E-state index contributed by atoms with van der Waals surface area (Å²) in [7, 11) is 1.51. The molecular weight excluding hydrogens is 346 g/mol. The number of nitrogens with zero attached hydrogens (tertiary/aromatic N) is 1. The lowest BCUT2D eigenvalue weighted by Crippen LogP contribution is -2.53. The van der Waals surface area contributed by atoms with Crippen LogP contribution in [0.5, 0.6) is 0 Å². The fourth-order valence-electron chi connectivity index (χ4n) is 4.42. The second kappa shape index (κ2) is 5.52. The van der Waals surface area contributed by atoms with Crippen molar-refractivity contribution in [2.24, 2.45) is 11.8 Å². The van der Waals surface area contributed by atoms with E-state index in [9.17, 15) is 14.4 Å². The highest BCUT2D eigenvalue weighted by Gasteiger charge is 2.69. The number of para-hydroxylation sites is 1. The second-order valence-electron chi connectivity index (χ2n) is 6.68. The van der Waals surface area contributed by atoms with Crippen molar-refractivity contribution in [2.45, 2.75) is 18.5 Å². The van der Waals surface area contributed by atoms with Gasteiger partial charge in [0.15, 0.2) is 0 Å². The minimum absolute atomic E-state index is 0.188. The van der Waals surface area contributed by atoms with Gasteiger partial charge in [0.05, 0.1) is 35.7 Å². The molecule has 4 atom stereocenters. The van der Waals surface area contributed by atoms with Gasteiger partial charge in [0, 0.05) is 18.7 Å². The Labute approximate surface area is 149 Å². The topological polar surface area (TPSA) is 87.7 Å². The van der Waals surface area contributed by atoms with Gasteiger partial charge in [-0.3, -0.25) is 24.6 Å².